The maximum absolute atomic E-state index is 12.6. The molecule has 10 heteroatoms. The Labute approximate surface area is 174 Å². The van der Waals surface area contributed by atoms with Gasteiger partial charge in [0.25, 0.3) is 0 Å². The van der Waals surface area contributed by atoms with Crippen LogP contribution in [0, 0.1) is 0 Å². The molecule has 3 aliphatic rings. The average molecular weight is 428 g/mol. The first kappa shape index (κ1) is 20.2. The molecule has 4 heterocycles. The first-order chi connectivity index (χ1) is 13.5. The van der Waals surface area contributed by atoms with Crippen molar-refractivity contribution in [2.45, 2.75) is 23.8 Å². The predicted molar refractivity (Wildman–Crippen MR) is 108 cm³/mol. The number of anilines is 1. The number of carbonyl (C=O) groups excluding carboxylic acids is 1. The lowest BCUT2D eigenvalue weighted by molar-refractivity contribution is -0.186. The number of carbonyl (C=O) groups is 1. The van der Waals surface area contributed by atoms with Crippen molar-refractivity contribution in [3.8, 4) is 0 Å². The normalized spacial score (nSPS) is 22.8. The van der Waals surface area contributed by atoms with E-state index >= 15 is 0 Å². The van der Waals surface area contributed by atoms with Gasteiger partial charge < -0.3 is 24.2 Å². The number of rotatable bonds is 4. The van der Waals surface area contributed by atoms with Gasteiger partial charge in [-0.05, 0) is 7.05 Å². The van der Waals surface area contributed by atoms with Crippen LogP contribution in [0.2, 0.25) is 5.15 Å². The molecule has 28 heavy (non-hydrogen) atoms. The molecule has 0 bridgehead atoms. The highest BCUT2D eigenvalue weighted by molar-refractivity contribution is 7.99. The van der Waals surface area contributed by atoms with E-state index in [2.05, 4.69) is 26.8 Å². The minimum absolute atomic E-state index is 0.0857. The molecule has 154 valence electrons. The summed E-state index contributed by atoms with van der Waals surface area (Å²) in [4.78, 5) is 27.9. The summed E-state index contributed by atoms with van der Waals surface area (Å²) in [5.41, 5.74) is 0. The topological polar surface area (TPSA) is 71.0 Å². The van der Waals surface area contributed by atoms with Gasteiger partial charge in [0.1, 0.15) is 11.0 Å². The molecule has 3 fully saturated rings. The third-order valence-corrected chi connectivity index (χ3v) is 6.53. The molecular weight excluding hydrogens is 402 g/mol. The highest BCUT2D eigenvalue weighted by Gasteiger charge is 2.40. The van der Waals surface area contributed by atoms with E-state index in [0.717, 1.165) is 44.8 Å². The SMILES string of the molecule is CN1CCN(c2cc(Cl)nc(SCC(=O)N3CCC4(CC3)OCCO4)n2)CC1. The molecule has 0 atom stereocenters. The summed E-state index contributed by atoms with van der Waals surface area (Å²) in [6.07, 6.45) is 1.45. The highest BCUT2D eigenvalue weighted by atomic mass is 35.5. The molecule has 1 aromatic heterocycles. The van der Waals surface area contributed by atoms with Crippen molar-refractivity contribution in [3.05, 3.63) is 11.2 Å². The number of piperazine rings is 1. The van der Waals surface area contributed by atoms with Crippen LogP contribution in [-0.4, -0.2) is 96.7 Å². The molecule has 8 nitrogen and oxygen atoms in total. The summed E-state index contributed by atoms with van der Waals surface area (Å²) in [6, 6.07) is 1.80. The van der Waals surface area contributed by atoms with E-state index in [-0.39, 0.29) is 5.91 Å². The van der Waals surface area contributed by atoms with Crippen LogP contribution in [0.3, 0.4) is 0 Å². The van der Waals surface area contributed by atoms with Crippen LogP contribution in [0.5, 0.6) is 0 Å². The van der Waals surface area contributed by atoms with E-state index in [9.17, 15) is 4.79 Å². The summed E-state index contributed by atoms with van der Waals surface area (Å²) in [7, 11) is 2.12. The number of nitrogens with zero attached hydrogens (tertiary/aromatic N) is 5. The summed E-state index contributed by atoms with van der Waals surface area (Å²) in [5, 5.41) is 0.958. The number of hydrogen-bond acceptors (Lipinski definition) is 8. The van der Waals surface area contributed by atoms with Gasteiger partial charge in [-0.1, -0.05) is 23.4 Å². The van der Waals surface area contributed by atoms with E-state index in [0.29, 0.717) is 42.4 Å². The van der Waals surface area contributed by atoms with Gasteiger partial charge in [0.2, 0.25) is 5.91 Å². The van der Waals surface area contributed by atoms with Gasteiger partial charge >= 0.3 is 0 Å². The van der Waals surface area contributed by atoms with Crippen LogP contribution in [-0.2, 0) is 14.3 Å². The Morgan fingerprint density at radius 1 is 1.14 bits per heavy atom. The van der Waals surface area contributed by atoms with Crippen LogP contribution in [0.1, 0.15) is 12.8 Å². The Morgan fingerprint density at radius 2 is 1.82 bits per heavy atom. The van der Waals surface area contributed by atoms with Gasteiger partial charge in [-0.3, -0.25) is 4.79 Å². The number of aromatic nitrogens is 2. The minimum Gasteiger partial charge on any atom is -0.354 e. The summed E-state index contributed by atoms with van der Waals surface area (Å²) >= 11 is 7.55. The molecule has 3 aliphatic heterocycles. The first-order valence-electron chi connectivity index (χ1n) is 9.70. The number of halogens is 1. The van der Waals surface area contributed by atoms with Crippen molar-refractivity contribution in [1.82, 2.24) is 19.8 Å². The largest absolute Gasteiger partial charge is 0.354 e. The molecule has 1 spiro atoms. The summed E-state index contributed by atoms with van der Waals surface area (Å²) < 4.78 is 11.4. The molecule has 4 rings (SSSR count). The zero-order chi connectivity index (χ0) is 19.6. The first-order valence-corrected chi connectivity index (χ1v) is 11.1. The Balaban J connectivity index is 1.31. The highest BCUT2D eigenvalue weighted by Crippen LogP contribution is 2.31. The second-order valence-electron chi connectivity index (χ2n) is 7.40. The standard InChI is InChI=1S/C18H26ClN5O3S/c1-22-6-8-23(9-7-22)15-12-14(19)20-17(21-15)28-13-16(25)24-4-2-18(3-5-24)26-10-11-27-18/h12H,2-11,13H2,1H3. The van der Waals surface area contributed by atoms with Crippen molar-refractivity contribution >= 4 is 35.1 Å². The van der Waals surface area contributed by atoms with Crippen molar-refractivity contribution < 1.29 is 14.3 Å². The number of piperidine rings is 1. The molecule has 0 aromatic carbocycles. The summed E-state index contributed by atoms with van der Waals surface area (Å²) in [6.45, 7) is 6.40. The van der Waals surface area contributed by atoms with E-state index < -0.39 is 5.79 Å². The van der Waals surface area contributed by atoms with Crippen molar-refractivity contribution in [1.29, 1.82) is 0 Å². The fourth-order valence-corrected chi connectivity index (χ4v) is 4.73. The third kappa shape index (κ3) is 4.71. The number of likely N-dealkylation sites (N-methyl/N-ethyl adjacent to an activating group) is 1. The lowest BCUT2D eigenvalue weighted by Gasteiger charge is -2.37. The van der Waals surface area contributed by atoms with E-state index in [1.54, 1.807) is 6.07 Å². The van der Waals surface area contributed by atoms with Gasteiger partial charge in [-0.2, -0.15) is 0 Å². The maximum atomic E-state index is 12.6. The quantitative estimate of drug-likeness (QED) is 0.405. The molecule has 0 aliphatic carbocycles. The molecule has 1 amide bonds. The number of thioether (sulfide) groups is 1. The fraction of sp³-hybridized carbons (Fsp3) is 0.722. The van der Waals surface area contributed by atoms with Gasteiger partial charge in [-0.25, -0.2) is 9.97 Å². The number of hydrogen-bond donors (Lipinski definition) is 0. The predicted octanol–water partition coefficient (Wildman–Crippen LogP) is 1.34. The molecule has 3 saturated heterocycles. The second kappa shape index (κ2) is 8.71. The van der Waals surface area contributed by atoms with E-state index in [1.165, 1.54) is 11.8 Å². The lowest BCUT2D eigenvalue weighted by atomic mass is 10.0. The van der Waals surface area contributed by atoms with Gasteiger partial charge in [0.15, 0.2) is 10.9 Å². The zero-order valence-electron chi connectivity index (χ0n) is 16.1. The van der Waals surface area contributed by atoms with Crippen LogP contribution in [0.15, 0.2) is 11.2 Å². The fourth-order valence-electron chi connectivity index (χ4n) is 3.75. The van der Waals surface area contributed by atoms with Crippen molar-refractivity contribution in [2.24, 2.45) is 0 Å². The smallest absolute Gasteiger partial charge is 0.233 e. The van der Waals surface area contributed by atoms with Crippen LogP contribution >= 0.6 is 23.4 Å². The zero-order valence-corrected chi connectivity index (χ0v) is 17.7. The Kier molecular flexibility index (Phi) is 6.27. The van der Waals surface area contributed by atoms with Crippen molar-refractivity contribution in [3.63, 3.8) is 0 Å². The second-order valence-corrected chi connectivity index (χ2v) is 8.73. The Morgan fingerprint density at radius 3 is 2.50 bits per heavy atom. The molecule has 0 radical (unpaired) electrons. The maximum Gasteiger partial charge on any atom is 0.233 e. The molecule has 1 aromatic rings. The lowest BCUT2D eigenvalue weighted by Crippen LogP contribution is -2.47. The third-order valence-electron chi connectivity index (χ3n) is 5.50. The molecule has 0 saturated carbocycles. The van der Waals surface area contributed by atoms with E-state index in [4.69, 9.17) is 21.1 Å². The molecular formula is C18H26ClN5O3S. The number of amides is 1. The number of likely N-dealkylation sites (tertiary alicyclic amines) is 1. The van der Waals surface area contributed by atoms with Crippen LogP contribution in [0.4, 0.5) is 5.82 Å². The monoisotopic (exact) mass is 427 g/mol. The van der Waals surface area contributed by atoms with Gasteiger partial charge in [-0.15, -0.1) is 0 Å². The van der Waals surface area contributed by atoms with Crippen LogP contribution < -0.4 is 4.90 Å². The Bertz CT molecular complexity index is 700. The molecule has 0 unspecified atom stereocenters. The average Bonchev–Trinajstić information content (AvgIpc) is 3.15. The molecule has 0 N–H and O–H groups in total. The summed E-state index contributed by atoms with van der Waals surface area (Å²) in [5.74, 6) is 0.760. The number of ether oxygens (including phenoxy) is 2. The Hall–Kier alpha value is -1.13. The minimum atomic E-state index is -0.461. The van der Waals surface area contributed by atoms with Crippen molar-refractivity contribution in [2.75, 3.05) is 70.2 Å². The van der Waals surface area contributed by atoms with Crippen LogP contribution in [0.25, 0.3) is 0 Å². The van der Waals surface area contributed by atoms with Gasteiger partial charge in [0, 0.05) is 58.2 Å². The van der Waals surface area contributed by atoms with E-state index in [1.807, 2.05) is 4.90 Å². The van der Waals surface area contributed by atoms with Gasteiger partial charge in [0.05, 0.1) is 19.0 Å².